The van der Waals surface area contributed by atoms with Crippen molar-refractivity contribution in [2.75, 3.05) is 49.5 Å². The summed E-state index contributed by atoms with van der Waals surface area (Å²) in [6.07, 6.45) is -7.14. The predicted molar refractivity (Wildman–Crippen MR) is 124 cm³/mol. The number of aliphatic hydroxyl groups is 2. The molecule has 0 aliphatic carbocycles. The lowest BCUT2D eigenvalue weighted by Gasteiger charge is -2.41. The third-order valence-electron chi connectivity index (χ3n) is 6.56. The Kier molecular flexibility index (Phi) is 8.17. The number of hydrogen-bond donors (Lipinski definition) is 4. The molecule has 0 spiro atoms. The zero-order valence-corrected chi connectivity index (χ0v) is 19.6. The molecule has 2 saturated heterocycles. The molecule has 0 saturated carbocycles. The minimum Gasteiger partial charge on any atom is -0.394 e. The van der Waals surface area contributed by atoms with Crippen molar-refractivity contribution in [1.82, 2.24) is 10.2 Å². The highest BCUT2D eigenvalue weighted by Gasteiger charge is 2.46. The SMILES string of the molecule is O=C(NCC1OC(CO)C(O)C1N1CCN(c2cccc(C(F)(F)F)c2)CC1)Nc1ccc(F)cc1F. The van der Waals surface area contributed by atoms with E-state index in [-0.39, 0.29) is 12.2 Å². The third kappa shape index (κ3) is 6.29. The van der Waals surface area contributed by atoms with E-state index in [9.17, 15) is 37.0 Å². The molecule has 2 aliphatic rings. The zero-order valence-electron chi connectivity index (χ0n) is 19.6. The molecule has 4 rings (SSSR count). The predicted octanol–water partition coefficient (Wildman–Crippen LogP) is 2.42. The van der Waals surface area contributed by atoms with E-state index in [0.29, 0.717) is 37.9 Å². The van der Waals surface area contributed by atoms with Crippen LogP contribution in [0, 0.1) is 11.6 Å². The fourth-order valence-corrected chi connectivity index (χ4v) is 4.70. The van der Waals surface area contributed by atoms with Crippen molar-refractivity contribution in [3.8, 4) is 0 Å². The van der Waals surface area contributed by atoms with Crippen LogP contribution in [0.2, 0.25) is 0 Å². The first-order chi connectivity index (χ1) is 17.6. The number of rotatable bonds is 6. The first kappa shape index (κ1) is 27.0. The summed E-state index contributed by atoms with van der Waals surface area (Å²) in [6.45, 7) is 1.02. The van der Waals surface area contributed by atoms with E-state index in [4.69, 9.17) is 4.74 Å². The molecule has 13 heteroatoms. The lowest BCUT2D eigenvalue weighted by atomic mass is 10.0. The second kappa shape index (κ2) is 11.2. The molecule has 2 aliphatic heterocycles. The first-order valence-corrected chi connectivity index (χ1v) is 11.7. The average Bonchev–Trinajstić information content (AvgIpc) is 3.19. The lowest BCUT2D eigenvalue weighted by molar-refractivity contribution is -0.137. The van der Waals surface area contributed by atoms with E-state index in [1.807, 2.05) is 9.80 Å². The molecule has 2 amide bonds. The summed E-state index contributed by atoms with van der Waals surface area (Å²) in [4.78, 5) is 16.0. The fourth-order valence-electron chi connectivity index (χ4n) is 4.70. The van der Waals surface area contributed by atoms with Crippen LogP contribution in [0.3, 0.4) is 0 Å². The molecule has 4 atom stereocenters. The minimum absolute atomic E-state index is 0.0826. The van der Waals surface area contributed by atoms with Crippen LogP contribution in [-0.4, -0.2) is 84.8 Å². The van der Waals surface area contributed by atoms with Crippen LogP contribution in [0.25, 0.3) is 0 Å². The maximum absolute atomic E-state index is 13.8. The average molecular weight is 530 g/mol. The molecule has 4 N–H and O–H groups in total. The molecule has 8 nitrogen and oxygen atoms in total. The van der Waals surface area contributed by atoms with Gasteiger partial charge in [-0.2, -0.15) is 13.2 Å². The molecule has 2 aromatic rings. The second-order valence-corrected chi connectivity index (χ2v) is 8.91. The van der Waals surface area contributed by atoms with Gasteiger partial charge in [0.1, 0.15) is 23.8 Å². The number of hydrogen-bond acceptors (Lipinski definition) is 6. The standard InChI is InChI=1S/C24H27F5N4O4/c25-15-4-5-18(17(26)11-15)31-23(36)30-12-19-21(22(35)20(13-34)37-19)33-8-6-32(7-9-33)16-3-1-2-14(10-16)24(27,28)29/h1-5,10-11,19-22,34-35H,6-9,12-13H2,(H2,30,31,36). The van der Waals surface area contributed by atoms with Crippen LogP contribution < -0.4 is 15.5 Å². The Morgan fingerprint density at radius 3 is 2.43 bits per heavy atom. The highest BCUT2D eigenvalue weighted by atomic mass is 19.4. The van der Waals surface area contributed by atoms with Crippen molar-refractivity contribution in [2.45, 2.75) is 30.5 Å². The molecule has 4 unspecified atom stereocenters. The van der Waals surface area contributed by atoms with Crippen LogP contribution in [0.5, 0.6) is 0 Å². The molecule has 2 aromatic carbocycles. The van der Waals surface area contributed by atoms with Gasteiger partial charge < -0.3 is 30.5 Å². The van der Waals surface area contributed by atoms with Gasteiger partial charge in [-0.1, -0.05) is 6.07 Å². The number of ether oxygens (including phenoxy) is 1. The summed E-state index contributed by atoms with van der Waals surface area (Å²) in [5.41, 5.74) is -0.515. The summed E-state index contributed by atoms with van der Waals surface area (Å²) in [5.74, 6) is -1.73. The summed E-state index contributed by atoms with van der Waals surface area (Å²) < 4.78 is 71.9. The van der Waals surface area contributed by atoms with Crippen molar-refractivity contribution in [3.63, 3.8) is 0 Å². The van der Waals surface area contributed by atoms with Crippen molar-refractivity contribution < 1.29 is 41.7 Å². The van der Waals surface area contributed by atoms with E-state index < -0.39 is 60.4 Å². The van der Waals surface area contributed by atoms with Crippen molar-refractivity contribution in [3.05, 3.63) is 59.7 Å². The van der Waals surface area contributed by atoms with Gasteiger partial charge in [0, 0.05) is 44.5 Å². The molecule has 0 radical (unpaired) electrons. The van der Waals surface area contributed by atoms with E-state index in [1.165, 1.54) is 6.07 Å². The Hall–Kier alpha value is -3.00. The van der Waals surface area contributed by atoms with Gasteiger partial charge in [0.15, 0.2) is 0 Å². The molecule has 37 heavy (non-hydrogen) atoms. The molecule has 2 heterocycles. The van der Waals surface area contributed by atoms with Gasteiger partial charge in [-0.15, -0.1) is 0 Å². The van der Waals surface area contributed by atoms with Gasteiger partial charge >= 0.3 is 12.2 Å². The Morgan fingerprint density at radius 1 is 1.05 bits per heavy atom. The van der Waals surface area contributed by atoms with E-state index in [1.54, 1.807) is 6.07 Å². The Bertz CT molecular complexity index is 1100. The maximum atomic E-state index is 13.8. The number of halogens is 5. The number of piperazine rings is 1. The van der Waals surface area contributed by atoms with Gasteiger partial charge in [-0.25, -0.2) is 13.6 Å². The number of nitrogens with zero attached hydrogens (tertiary/aromatic N) is 2. The van der Waals surface area contributed by atoms with Gasteiger partial charge in [-0.05, 0) is 30.3 Å². The van der Waals surface area contributed by atoms with E-state index in [2.05, 4.69) is 10.6 Å². The number of amides is 2. The Morgan fingerprint density at radius 2 is 1.78 bits per heavy atom. The van der Waals surface area contributed by atoms with Crippen LogP contribution in [-0.2, 0) is 10.9 Å². The molecular weight excluding hydrogens is 503 g/mol. The Balaban J connectivity index is 1.37. The van der Waals surface area contributed by atoms with Crippen LogP contribution in [0.4, 0.5) is 38.1 Å². The van der Waals surface area contributed by atoms with Crippen LogP contribution in [0.15, 0.2) is 42.5 Å². The number of urea groups is 1. The van der Waals surface area contributed by atoms with Crippen molar-refractivity contribution in [1.29, 1.82) is 0 Å². The molecule has 2 fully saturated rings. The number of anilines is 2. The van der Waals surface area contributed by atoms with Gasteiger partial charge in [0.05, 0.1) is 30.0 Å². The van der Waals surface area contributed by atoms with Gasteiger partial charge in [0.25, 0.3) is 0 Å². The largest absolute Gasteiger partial charge is 0.416 e. The van der Waals surface area contributed by atoms with Crippen LogP contribution in [0.1, 0.15) is 5.56 Å². The number of alkyl halides is 3. The summed E-state index contributed by atoms with van der Waals surface area (Å²) >= 11 is 0. The highest BCUT2D eigenvalue weighted by molar-refractivity contribution is 5.89. The lowest BCUT2D eigenvalue weighted by Crippen LogP contribution is -2.57. The van der Waals surface area contributed by atoms with E-state index >= 15 is 0 Å². The summed E-state index contributed by atoms with van der Waals surface area (Å²) in [6, 6.07) is 6.40. The van der Waals surface area contributed by atoms with Crippen LogP contribution >= 0.6 is 0 Å². The second-order valence-electron chi connectivity index (χ2n) is 8.91. The number of benzene rings is 2. The monoisotopic (exact) mass is 530 g/mol. The van der Waals surface area contributed by atoms with Crippen molar-refractivity contribution >= 4 is 17.4 Å². The molecule has 0 aromatic heterocycles. The maximum Gasteiger partial charge on any atom is 0.416 e. The normalized spacial score (nSPS) is 24.8. The molecular formula is C24H27F5N4O4. The summed E-state index contributed by atoms with van der Waals surface area (Å²) in [7, 11) is 0. The molecule has 0 bridgehead atoms. The highest BCUT2D eigenvalue weighted by Crippen LogP contribution is 2.32. The summed E-state index contributed by atoms with van der Waals surface area (Å²) in [5, 5.41) is 25.2. The Labute approximate surface area is 209 Å². The first-order valence-electron chi connectivity index (χ1n) is 11.7. The zero-order chi connectivity index (χ0) is 26.7. The number of aliphatic hydroxyl groups excluding tert-OH is 2. The van der Waals surface area contributed by atoms with E-state index in [0.717, 1.165) is 24.3 Å². The smallest absolute Gasteiger partial charge is 0.394 e. The number of nitrogens with one attached hydrogen (secondary N) is 2. The van der Waals surface area contributed by atoms with Crippen molar-refractivity contribution in [2.24, 2.45) is 0 Å². The minimum atomic E-state index is -4.45. The topological polar surface area (TPSA) is 97.3 Å². The van der Waals surface area contributed by atoms with Gasteiger partial charge in [0.2, 0.25) is 0 Å². The molecule has 202 valence electrons. The number of carbonyl (C=O) groups excluding carboxylic acids is 1. The fraction of sp³-hybridized carbons (Fsp3) is 0.458. The number of carbonyl (C=O) groups is 1. The quantitative estimate of drug-likeness (QED) is 0.429. The van der Waals surface area contributed by atoms with Gasteiger partial charge in [-0.3, -0.25) is 4.90 Å². The third-order valence-corrected chi connectivity index (χ3v) is 6.56.